The van der Waals surface area contributed by atoms with Crippen LogP contribution in [0, 0.1) is 13.8 Å². The van der Waals surface area contributed by atoms with Gasteiger partial charge in [0.15, 0.2) is 5.78 Å². The fourth-order valence-electron chi connectivity index (χ4n) is 1.97. The molecular formula is C15H17NOS. The normalized spacial score (nSPS) is 10.6. The van der Waals surface area contributed by atoms with Crippen molar-refractivity contribution < 1.29 is 4.79 Å². The molecule has 1 aromatic carbocycles. The molecule has 0 saturated heterocycles. The van der Waals surface area contributed by atoms with Crippen molar-refractivity contribution in [2.75, 3.05) is 5.73 Å². The smallest absolute Gasteiger partial charge is 0.196 e. The van der Waals surface area contributed by atoms with Crippen LogP contribution in [0.3, 0.4) is 0 Å². The number of nitrogens with two attached hydrogens (primary N) is 1. The number of benzene rings is 1. The fraction of sp³-hybridized carbons (Fsp3) is 0.267. The maximum Gasteiger partial charge on any atom is 0.196 e. The van der Waals surface area contributed by atoms with E-state index < -0.39 is 0 Å². The van der Waals surface area contributed by atoms with E-state index in [0.717, 1.165) is 16.9 Å². The van der Waals surface area contributed by atoms with Gasteiger partial charge in [-0.05, 0) is 31.4 Å². The average Bonchev–Trinajstić information content (AvgIpc) is 2.63. The summed E-state index contributed by atoms with van der Waals surface area (Å²) in [5.74, 6) is 0.0250. The van der Waals surface area contributed by atoms with Crippen molar-refractivity contribution in [2.45, 2.75) is 27.2 Å². The Hall–Kier alpha value is -1.61. The van der Waals surface area contributed by atoms with Crippen LogP contribution in [0.2, 0.25) is 0 Å². The summed E-state index contributed by atoms with van der Waals surface area (Å²) < 4.78 is 0. The number of anilines is 1. The van der Waals surface area contributed by atoms with Gasteiger partial charge in [0.2, 0.25) is 0 Å². The minimum atomic E-state index is 0.0250. The first-order valence-electron chi connectivity index (χ1n) is 6.03. The van der Waals surface area contributed by atoms with E-state index in [2.05, 4.69) is 6.92 Å². The molecule has 0 spiro atoms. The van der Waals surface area contributed by atoms with Crippen molar-refractivity contribution in [1.29, 1.82) is 0 Å². The molecule has 0 unspecified atom stereocenters. The van der Waals surface area contributed by atoms with E-state index in [1.807, 2.05) is 38.1 Å². The number of carbonyl (C=O) groups is 1. The van der Waals surface area contributed by atoms with Gasteiger partial charge in [-0.3, -0.25) is 4.79 Å². The van der Waals surface area contributed by atoms with Crippen LogP contribution in [0.4, 0.5) is 5.00 Å². The molecule has 0 bridgehead atoms. The number of ketones is 1. The largest absolute Gasteiger partial charge is 0.390 e. The van der Waals surface area contributed by atoms with E-state index in [1.165, 1.54) is 16.9 Å². The zero-order valence-electron chi connectivity index (χ0n) is 10.9. The van der Waals surface area contributed by atoms with Crippen LogP contribution in [-0.4, -0.2) is 5.78 Å². The molecule has 18 heavy (non-hydrogen) atoms. The lowest BCUT2D eigenvalue weighted by Gasteiger charge is -2.03. The van der Waals surface area contributed by atoms with Crippen LogP contribution in [0.5, 0.6) is 0 Å². The lowest BCUT2D eigenvalue weighted by Crippen LogP contribution is -2.04. The first-order valence-corrected chi connectivity index (χ1v) is 6.85. The van der Waals surface area contributed by atoms with Crippen molar-refractivity contribution in [2.24, 2.45) is 0 Å². The molecule has 3 heteroatoms. The second-order valence-electron chi connectivity index (χ2n) is 4.40. The summed E-state index contributed by atoms with van der Waals surface area (Å²) >= 11 is 1.48. The van der Waals surface area contributed by atoms with Crippen LogP contribution < -0.4 is 5.73 Å². The quantitative estimate of drug-likeness (QED) is 0.853. The van der Waals surface area contributed by atoms with Gasteiger partial charge in [-0.25, -0.2) is 0 Å². The molecule has 2 nitrogen and oxygen atoms in total. The number of hydrogen-bond donors (Lipinski definition) is 1. The number of aryl methyl sites for hydroxylation is 2. The Bertz CT molecular complexity index is 581. The molecule has 2 N–H and O–H groups in total. The summed E-state index contributed by atoms with van der Waals surface area (Å²) in [5.41, 5.74) is 9.55. The third kappa shape index (κ3) is 2.18. The topological polar surface area (TPSA) is 43.1 Å². The van der Waals surface area contributed by atoms with Crippen molar-refractivity contribution in [1.82, 2.24) is 0 Å². The molecular weight excluding hydrogens is 242 g/mol. The number of rotatable bonds is 3. The van der Waals surface area contributed by atoms with E-state index in [9.17, 15) is 4.79 Å². The van der Waals surface area contributed by atoms with Gasteiger partial charge in [0, 0.05) is 10.4 Å². The summed E-state index contributed by atoms with van der Waals surface area (Å²) in [4.78, 5) is 13.5. The molecule has 0 aliphatic heterocycles. The number of thiophene rings is 1. The molecule has 0 amide bonds. The van der Waals surface area contributed by atoms with Gasteiger partial charge >= 0.3 is 0 Å². The summed E-state index contributed by atoms with van der Waals surface area (Å²) in [5, 5.41) is 0.620. The molecule has 0 radical (unpaired) electrons. The molecule has 0 aliphatic carbocycles. The molecule has 0 saturated carbocycles. The second kappa shape index (κ2) is 4.94. The second-order valence-corrected chi connectivity index (χ2v) is 5.66. The SMILES string of the molecule is CCc1ccc(C(=O)c2c(N)sc(C)c2C)cc1. The average molecular weight is 259 g/mol. The van der Waals surface area contributed by atoms with E-state index in [0.29, 0.717) is 16.1 Å². The lowest BCUT2D eigenvalue weighted by atomic mass is 10.00. The van der Waals surface area contributed by atoms with E-state index in [1.54, 1.807) is 0 Å². The predicted molar refractivity (Wildman–Crippen MR) is 77.5 cm³/mol. The van der Waals surface area contributed by atoms with Gasteiger partial charge in [-0.2, -0.15) is 0 Å². The molecule has 2 rings (SSSR count). The minimum absolute atomic E-state index is 0.0250. The van der Waals surface area contributed by atoms with Crippen LogP contribution in [-0.2, 0) is 6.42 Å². The summed E-state index contributed by atoms with van der Waals surface area (Å²) in [6.45, 7) is 6.05. The van der Waals surface area contributed by atoms with Crippen molar-refractivity contribution in [3.8, 4) is 0 Å². The van der Waals surface area contributed by atoms with Crippen LogP contribution >= 0.6 is 11.3 Å². The zero-order chi connectivity index (χ0) is 13.3. The first-order chi connectivity index (χ1) is 8.54. The maximum atomic E-state index is 12.4. The van der Waals surface area contributed by atoms with E-state index in [4.69, 9.17) is 5.73 Å². The van der Waals surface area contributed by atoms with Gasteiger partial charge in [-0.1, -0.05) is 31.2 Å². The van der Waals surface area contributed by atoms with Gasteiger partial charge < -0.3 is 5.73 Å². The van der Waals surface area contributed by atoms with E-state index >= 15 is 0 Å². The third-order valence-electron chi connectivity index (χ3n) is 3.26. The van der Waals surface area contributed by atoms with Crippen LogP contribution in [0.15, 0.2) is 24.3 Å². The van der Waals surface area contributed by atoms with E-state index in [-0.39, 0.29) is 5.78 Å². The standard InChI is InChI=1S/C15H17NOS/c1-4-11-5-7-12(8-6-11)14(17)13-9(2)10(3)18-15(13)16/h5-8H,4,16H2,1-3H3. The Kier molecular flexibility index (Phi) is 3.53. The minimum Gasteiger partial charge on any atom is -0.390 e. The van der Waals surface area contributed by atoms with Gasteiger partial charge in [-0.15, -0.1) is 11.3 Å². The predicted octanol–water partition coefficient (Wildman–Crippen LogP) is 3.74. The summed E-state index contributed by atoms with van der Waals surface area (Å²) in [6, 6.07) is 7.76. The Morgan fingerprint density at radius 3 is 2.28 bits per heavy atom. The van der Waals surface area contributed by atoms with Gasteiger partial charge in [0.1, 0.15) is 0 Å². The van der Waals surface area contributed by atoms with Crippen LogP contribution in [0.1, 0.15) is 38.8 Å². The summed E-state index contributed by atoms with van der Waals surface area (Å²) in [6.07, 6.45) is 0.979. The molecule has 0 aliphatic rings. The van der Waals surface area contributed by atoms with Crippen molar-refractivity contribution in [3.63, 3.8) is 0 Å². The van der Waals surface area contributed by atoms with Crippen molar-refractivity contribution in [3.05, 3.63) is 51.4 Å². The van der Waals surface area contributed by atoms with Crippen LogP contribution in [0.25, 0.3) is 0 Å². The molecule has 94 valence electrons. The molecule has 1 heterocycles. The number of hydrogen-bond acceptors (Lipinski definition) is 3. The Morgan fingerprint density at radius 2 is 1.83 bits per heavy atom. The Labute approximate surface area is 111 Å². The fourth-order valence-corrected chi connectivity index (χ4v) is 2.90. The zero-order valence-corrected chi connectivity index (χ0v) is 11.7. The molecule has 2 aromatic rings. The Morgan fingerprint density at radius 1 is 1.22 bits per heavy atom. The molecule has 1 aromatic heterocycles. The number of carbonyl (C=O) groups excluding carboxylic acids is 1. The Balaban J connectivity index is 2.41. The van der Waals surface area contributed by atoms with Gasteiger partial charge in [0.05, 0.1) is 10.6 Å². The highest BCUT2D eigenvalue weighted by Crippen LogP contribution is 2.31. The molecule has 0 fully saturated rings. The molecule has 0 atom stereocenters. The highest BCUT2D eigenvalue weighted by atomic mass is 32.1. The third-order valence-corrected chi connectivity index (χ3v) is 4.30. The maximum absolute atomic E-state index is 12.4. The highest BCUT2D eigenvalue weighted by molar-refractivity contribution is 7.16. The lowest BCUT2D eigenvalue weighted by molar-refractivity contribution is 0.103. The van der Waals surface area contributed by atoms with Gasteiger partial charge in [0.25, 0.3) is 0 Å². The highest BCUT2D eigenvalue weighted by Gasteiger charge is 2.18. The first kappa shape index (κ1) is 12.8. The van der Waals surface area contributed by atoms with Crippen molar-refractivity contribution >= 4 is 22.1 Å². The number of nitrogen functional groups attached to an aromatic ring is 1. The summed E-state index contributed by atoms with van der Waals surface area (Å²) in [7, 11) is 0. The monoisotopic (exact) mass is 259 g/mol.